The normalized spacial score (nSPS) is 25.1. The molecular weight excluding hydrogens is 208 g/mol. The molecular formula is C10H18N4S. The minimum atomic E-state index is 0.346. The van der Waals surface area contributed by atoms with Crippen molar-refractivity contribution in [1.29, 1.82) is 0 Å². The van der Waals surface area contributed by atoms with E-state index in [-0.39, 0.29) is 0 Å². The fraction of sp³-hybridized carbons (Fsp3) is 0.800. The Balaban J connectivity index is 2.04. The lowest BCUT2D eigenvalue weighted by Gasteiger charge is -2.38. The fourth-order valence-electron chi connectivity index (χ4n) is 2.20. The Hall–Kier alpha value is -0.840. The number of nitrogens with one attached hydrogen (secondary N) is 1. The van der Waals surface area contributed by atoms with Gasteiger partial charge in [0.1, 0.15) is 0 Å². The molecule has 0 aliphatic heterocycles. The van der Waals surface area contributed by atoms with E-state index in [1.807, 2.05) is 0 Å². The van der Waals surface area contributed by atoms with Gasteiger partial charge in [-0.15, -0.1) is 0 Å². The number of rotatable bonds is 2. The summed E-state index contributed by atoms with van der Waals surface area (Å²) in [6.45, 7) is 4.63. The molecule has 0 aromatic carbocycles. The maximum Gasteiger partial charge on any atom is 0.233 e. The molecule has 84 valence electrons. The number of nitrogens with zero attached hydrogens (tertiary/aromatic N) is 2. The smallest absolute Gasteiger partial charge is 0.233 e. The molecule has 0 saturated heterocycles. The number of nitrogen functional groups attached to an aromatic ring is 1. The summed E-state index contributed by atoms with van der Waals surface area (Å²) in [6.07, 6.45) is 5.13. The lowest BCUT2D eigenvalue weighted by molar-refractivity contribution is 0.217. The van der Waals surface area contributed by atoms with Gasteiger partial charge in [-0.3, -0.25) is 0 Å². The van der Waals surface area contributed by atoms with Crippen LogP contribution in [0.15, 0.2) is 0 Å². The Morgan fingerprint density at radius 2 is 2.27 bits per heavy atom. The van der Waals surface area contributed by atoms with Crippen molar-refractivity contribution in [1.82, 2.24) is 9.36 Å². The molecule has 1 aromatic rings. The Morgan fingerprint density at radius 3 is 2.87 bits per heavy atom. The topological polar surface area (TPSA) is 63.8 Å². The van der Waals surface area contributed by atoms with Crippen molar-refractivity contribution in [3.63, 3.8) is 0 Å². The van der Waals surface area contributed by atoms with Gasteiger partial charge in [0.05, 0.1) is 0 Å². The molecule has 3 N–H and O–H groups in total. The van der Waals surface area contributed by atoms with Crippen molar-refractivity contribution in [2.24, 2.45) is 5.41 Å². The molecule has 1 unspecified atom stereocenters. The van der Waals surface area contributed by atoms with Crippen molar-refractivity contribution in [2.45, 2.75) is 45.6 Å². The predicted octanol–water partition coefficient (Wildman–Crippen LogP) is 2.50. The van der Waals surface area contributed by atoms with Gasteiger partial charge in [0, 0.05) is 17.6 Å². The highest BCUT2D eigenvalue weighted by molar-refractivity contribution is 7.09. The standard InChI is InChI=1S/C10H18N4S/c1-10(2)6-4-3-5-7(10)12-9-13-8(11)14-15-9/h7H,3-6H2,1-2H3,(H3,11,12,13,14). The molecule has 1 atom stereocenters. The van der Waals surface area contributed by atoms with Gasteiger partial charge in [-0.05, 0) is 18.3 Å². The quantitative estimate of drug-likeness (QED) is 0.813. The van der Waals surface area contributed by atoms with Crippen molar-refractivity contribution < 1.29 is 0 Å². The molecule has 0 radical (unpaired) electrons. The van der Waals surface area contributed by atoms with Crippen LogP contribution in [-0.4, -0.2) is 15.4 Å². The van der Waals surface area contributed by atoms with Gasteiger partial charge in [0.15, 0.2) is 0 Å². The van der Waals surface area contributed by atoms with Crippen LogP contribution in [0.4, 0.5) is 11.1 Å². The highest BCUT2D eigenvalue weighted by atomic mass is 32.1. The first-order valence-corrected chi connectivity index (χ1v) is 6.21. The van der Waals surface area contributed by atoms with Gasteiger partial charge in [0.25, 0.3) is 0 Å². The average molecular weight is 226 g/mol. The second kappa shape index (κ2) is 3.96. The largest absolute Gasteiger partial charge is 0.367 e. The Labute approximate surface area is 94.5 Å². The van der Waals surface area contributed by atoms with Crippen LogP contribution in [0.25, 0.3) is 0 Å². The molecule has 1 fully saturated rings. The van der Waals surface area contributed by atoms with E-state index in [9.17, 15) is 0 Å². The molecule has 1 heterocycles. The Bertz CT molecular complexity index is 334. The second-order valence-corrected chi connectivity index (χ2v) is 5.64. The fourth-order valence-corrected chi connectivity index (χ4v) is 2.75. The molecule has 15 heavy (non-hydrogen) atoms. The molecule has 4 nitrogen and oxygen atoms in total. The first-order valence-electron chi connectivity index (χ1n) is 5.44. The molecule has 2 rings (SSSR count). The van der Waals surface area contributed by atoms with E-state index < -0.39 is 0 Å². The highest BCUT2D eigenvalue weighted by Crippen LogP contribution is 2.37. The van der Waals surface area contributed by atoms with E-state index in [4.69, 9.17) is 5.73 Å². The summed E-state index contributed by atoms with van der Waals surface area (Å²) in [7, 11) is 0. The summed E-state index contributed by atoms with van der Waals surface area (Å²) >= 11 is 1.35. The summed E-state index contributed by atoms with van der Waals surface area (Å²) in [5, 5.41) is 4.31. The van der Waals surface area contributed by atoms with E-state index in [0.29, 0.717) is 17.4 Å². The zero-order valence-electron chi connectivity index (χ0n) is 9.29. The number of hydrogen-bond donors (Lipinski definition) is 2. The third kappa shape index (κ3) is 2.40. The van der Waals surface area contributed by atoms with E-state index in [1.165, 1.54) is 37.2 Å². The summed E-state index contributed by atoms with van der Waals surface area (Å²) < 4.78 is 3.98. The van der Waals surface area contributed by atoms with Gasteiger partial charge in [0.2, 0.25) is 11.1 Å². The summed E-state index contributed by atoms with van der Waals surface area (Å²) in [4.78, 5) is 4.14. The number of anilines is 2. The van der Waals surface area contributed by atoms with Crippen molar-refractivity contribution in [2.75, 3.05) is 11.1 Å². The van der Waals surface area contributed by atoms with E-state index in [1.54, 1.807) is 0 Å². The van der Waals surface area contributed by atoms with Gasteiger partial charge in [-0.1, -0.05) is 26.7 Å². The van der Waals surface area contributed by atoms with E-state index in [0.717, 1.165) is 5.13 Å². The van der Waals surface area contributed by atoms with E-state index in [2.05, 4.69) is 28.5 Å². The van der Waals surface area contributed by atoms with Crippen LogP contribution in [0, 0.1) is 5.41 Å². The number of nitrogens with two attached hydrogens (primary N) is 1. The molecule has 5 heteroatoms. The van der Waals surface area contributed by atoms with Crippen LogP contribution in [0.2, 0.25) is 0 Å². The molecule has 0 bridgehead atoms. The number of hydrogen-bond acceptors (Lipinski definition) is 5. The van der Waals surface area contributed by atoms with Crippen molar-refractivity contribution in [3.8, 4) is 0 Å². The first-order chi connectivity index (χ1) is 7.08. The third-order valence-corrected chi connectivity index (χ3v) is 3.91. The minimum Gasteiger partial charge on any atom is -0.367 e. The predicted molar refractivity (Wildman–Crippen MR) is 64.0 cm³/mol. The first kappa shape index (κ1) is 10.7. The van der Waals surface area contributed by atoms with Crippen LogP contribution >= 0.6 is 11.5 Å². The van der Waals surface area contributed by atoms with Crippen molar-refractivity contribution >= 4 is 22.6 Å². The molecule has 0 spiro atoms. The molecule has 1 aliphatic carbocycles. The SMILES string of the molecule is CC1(C)CCCCC1Nc1nc(N)ns1. The van der Waals surface area contributed by atoms with Crippen LogP contribution in [0.5, 0.6) is 0 Å². The second-order valence-electron chi connectivity index (χ2n) is 4.89. The van der Waals surface area contributed by atoms with Gasteiger partial charge >= 0.3 is 0 Å². The van der Waals surface area contributed by atoms with Gasteiger partial charge in [-0.2, -0.15) is 9.36 Å². The lowest BCUT2D eigenvalue weighted by atomic mass is 9.73. The van der Waals surface area contributed by atoms with E-state index >= 15 is 0 Å². The zero-order valence-corrected chi connectivity index (χ0v) is 10.1. The summed E-state index contributed by atoms with van der Waals surface area (Å²) in [6, 6.07) is 0.499. The third-order valence-electron chi connectivity index (χ3n) is 3.25. The Morgan fingerprint density at radius 1 is 1.47 bits per heavy atom. The highest BCUT2D eigenvalue weighted by Gasteiger charge is 2.32. The monoisotopic (exact) mass is 226 g/mol. The van der Waals surface area contributed by atoms with Crippen LogP contribution in [-0.2, 0) is 0 Å². The molecule has 0 amide bonds. The molecule has 1 saturated carbocycles. The maximum atomic E-state index is 5.50. The van der Waals surface area contributed by atoms with Crippen LogP contribution in [0.3, 0.4) is 0 Å². The maximum absolute atomic E-state index is 5.50. The molecule has 1 aliphatic rings. The molecule has 1 aromatic heterocycles. The summed E-state index contributed by atoms with van der Waals surface area (Å²) in [5.41, 5.74) is 5.85. The number of aromatic nitrogens is 2. The average Bonchev–Trinajstić information content (AvgIpc) is 2.55. The van der Waals surface area contributed by atoms with Gasteiger partial charge < -0.3 is 11.1 Å². The zero-order chi connectivity index (χ0) is 10.9. The Kier molecular flexibility index (Phi) is 2.82. The lowest BCUT2D eigenvalue weighted by Crippen LogP contribution is -2.38. The summed E-state index contributed by atoms with van der Waals surface area (Å²) in [5.74, 6) is 0.371. The minimum absolute atomic E-state index is 0.346. The van der Waals surface area contributed by atoms with Crippen LogP contribution < -0.4 is 11.1 Å². The van der Waals surface area contributed by atoms with Crippen molar-refractivity contribution in [3.05, 3.63) is 0 Å². The van der Waals surface area contributed by atoms with Gasteiger partial charge in [-0.25, -0.2) is 0 Å². The van der Waals surface area contributed by atoms with Crippen LogP contribution in [0.1, 0.15) is 39.5 Å².